The number of hydrogen-bond donors (Lipinski definition) is 0. The molecule has 1 amide bonds. The lowest BCUT2D eigenvalue weighted by atomic mass is 9.98. The van der Waals surface area contributed by atoms with E-state index in [-0.39, 0.29) is 33.2 Å². The SMILES string of the molecule is O=C1c2ccc(Oc3c(Cl)cc([N+](=O)[O-])cc3Cl)cc2CCN1c1ccc(F)cc1. The van der Waals surface area contributed by atoms with E-state index in [2.05, 4.69) is 0 Å². The van der Waals surface area contributed by atoms with Gasteiger partial charge in [-0.05, 0) is 54.4 Å². The fraction of sp³-hybridized carbons (Fsp3) is 0.0952. The predicted molar refractivity (Wildman–Crippen MR) is 111 cm³/mol. The van der Waals surface area contributed by atoms with Gasteiger partial charge >= 0.3 is 0 Å². The van der Waals surface area contributed by atoms with Crippen molar-refractivity contribution in [2.75, 3.05) is 11.4 Å². The molecule has 4 rings (SSSR count). The van der Waals surface area contributed by atoms with Gasteiger partial charge in [0.05, 0.1) is 15.0 Å². The third-order valence-electron chi connectivity index (χ3n) is 4.71. The summed E-state index contributed by atoms with van der Waals surface area (Å²) < 4.78 is 18.9. The van der Waals surface area contributed by atoms with Gasteiger partial charge in [-0.2, -0.15) is 0 Å². The van der Waals surface area contributed by atoms with Crippen LogP contribution >= 0.6 is 23.2 Å². The summed E-state index contributed by atoms with van der Waals surface area (Å²) in [5.74, 6) is -0.0665. The zero-order valence-electron chi connectivity index (χ0n) is 15.3. The number of non-ortho nitro benzene ring substituents is 1. The maximum atomic E-state index is 13.2. The van der Waals surface area contributed by atoms with Gasteiger partial charge in [-0.3, -0.25) is 14.9 Å². The minimum Gasteiger partial charge on any atom is -0.454 e. The molecule has 1 aliphatic heterocycles. The van der Waals surface area contributed by atoms with E-state index < -0.39 is 4.92 Å². The second kappa shape index (κ2) is 7.93. The molecule has 0 spiro atoms. The number of benzene rings is 3. The number of nitrogens with zero attached hydrogens (tertiary/aromatic N) is 2. The maximum Gasteiger partial charge on any atom is 0.272 e. The number of hydrogen-bond acceptors (Lipinski definition) is 4. The largest absolute Gasteiger partial charge is 0.454 e. The smallest absolute Gasteiger partial charge is 0.272 e. The van der Waals surface area contributed by atoms with E-state index in [4.69, 9.17) is 27.9 Å². The molecule has 0 unspecified atom stereocenters. The standard InChI is InChI=1S/C21H13Cl2FN2O4/c22-18-10-15(26(28)29)11-19(23)20(18)30-16-5-6-17-12(9-16)7-8-25(21(17)27)14-3-1-13(24)2-4-14/h1-6,9-11H,7-8H2. The number of nitro benzene ring substituents is 1. The third kappa shape index (κ3) is 3.81. The van der Waals surface area contributed by atoms with E-state index in [1.54, 1.807) is 35.2 Å². The molecule has 0 atom stereocenters. The molecule has 0 radical (unpaired) electrons. The minimum absolute atomic E-state index is 0.00508. The minimum atomic E-state index is -0.598. The molecule has 0 fully saturated rings. The van der Waals surface area contributed by atoms with E-state index in [1.807, 2.05) is 0 Å². The van der Waals surface area contributed by atoms with Gasteiger partial charge in [0.1, 0.15) is 11.6 Å². The van der Waals surface area contributed by atoms with Crippen molar-refractivity contribution in [3.63, 3.8) is 0 Å². The van der Waals surface area contributed by atoms with Crippen molar-refractivity contribution >= 4 is 40.5 Å². The Hall–Kier alpha value is -3.16. The normalized spacial score (nSPS) is 13.2. The van der Waals surface area contributed by atoms with E-state index in [0.717, 1.165) is 17.7 Å². The molecule has 152 valence electrons. The van der Waals surface area contributed by atoms with Gasteiger partial charge in [0.2, 0.25) is 0 Å². The molecular weight excluding hydrogens is 434 g/mol. The van der Waals surface area contributed by atoms with Crippen LogP contribution in [0.3, 0.4) is 0 Å². The molecular formula is C21H13Cl2FN2O4. The van der Waals surface area contributed by atoms with Crippen molar-refractivity contribution in [2.45, 2.75) is 6.42 Å². The van der Waals surface area contributed by atoms with E-state index in [9.17, 15) is 19.3 Å². The highest BCUT2D eigenvalue weighted by atomic mass is 35.5. The molecule has 0 aromatic heterocycles. The molecule has 1 aliphatic rings. The van der Waals surface area contributed by atoms with E-state index in [0.29, 0.717) is 30.0 Å². The quantitative estimate of drug-likeness (QED) is 0.361. The molecule has 0 aliphatic carbocycles. The topological polar surface area (TPSA) is 72.7 Å². The van der Waals surface area contributed by atoms with Crippen LogP contribution in [0.2, 0.25) is 10.0 Å². The van der Waals surface area contributed by atoms with Crippen LogP contribution in [0, 0.1) is 15.9 Å². The molecule has 6 nitrogen and oxygen atoms in total. The van der Waals surface area contributed by atoms with Crippen LogP contribution in [0.15, 0.2) is 54.6 Å². The van der Waals surface area contributed by atoms with Crippen LogP contribution < -0.4 is 9.64 Å². The first-order chi connectivity index (χ1) is 14.3. The van der Waals surface area contributed by atoms with Crippen LogP contribution in [0.4, 0.5) is 15.8 Å². The second-order valence-corrected chi connectivity index (χ2v) is 7.41. The summed E-state index contributed by atoms with van der Waals surface area (Å²) in [7, 11) is 0. The van der Waals surface area contributed by atoms with E-state index in [1.165, 1.54) is 12.1 Å². The van der Waals surface area contributed by atoms with Gasteiger partial charge in [-0.25, -0.2) is 4.39 Å². The van der Waals surface area contributed by atoms with Crippen LogP contribution in [0.5, 0.6) is 11.5 Å². The summed E-state index contributed by atoms with van der Waals surface area (Å²) >= 11 is 12.2. The fourth-order valence-corrected chi connectivity index (χ4v) is 3.82. The van der Waals surface area contributed by atoms with Gasteiger partial charge < -0.3 is 9.64 Å². The summed E-state index contributed by atoms with van der Waals surface area (Å²) in [6.07, 6.45) is 0.567. The summed E-state index contributed by atoms with van der Waals surface area (Å²) in [4.78, 5) is 24.8. The Morgan fingerprint density at radius 3 is 2.33 bits per heavy atom. The van der Waals surface area contributed by atoms with Crippen molar-refractivity contribution in [1.29, 1.82) is 0 Å². The van der Waals surface area contributed by atoms with Gasteiger partial charge in [0.15, 0.2) is 5.75 Å². The third-order valence-corrected chi connectivity index (χ3v) is 5.27. The lowest BCUT2D eigenvalue weighted by Crippen LogP contribution is -2.37. The first-order valence-corrected chi connectivity index (χ1v) is 9.61. The van der Waals surface area contributed by atoms with E-state index >= 15 is 0 Å². The summed E-state index contributed by atoms with van der Waals surface area (Å²) in [5.41, 5.74) is 1.68. The highest BCUT2D eigenvalue weighted by molar-refractivity contribution is 6.37. The monoisotopic (exact) mass is 446 g/mol. The molecule has 1 heterocycles. The van der Waals surface area contributed by atoms with Crippen LogP contribution in [0.25, 0.3) is 0 Å². The van der Waals surface area contributed by atoms with Crippen LogP contribution in [-0.4, -0.2) is 17.4 Å². The fourth-order valence-electron chi connectivity index (χ4n) is 3.26. The molecule has 0 saturated carbocycles. The molecule has 9 heteroatoms. The number of halogens is 3. The number of nitro groups is 1. The number of anilines is 1. The van der Waals surface area contributed by atoms with Crippen molar-refractivity contribution < 1.29 is 18.8 Å². The number of fused-ring (bicyclic) bond motifs is 1. The number of amides is 1. The Labute approximate surface area is 180 Å². The predicted octanol–water partition coefficient (Wildman–Crippen LogP) is 6.04. The average Bonchev–Trinajstić information content (AvgIpc) is 2.71. The first-order valence-electron chi connectivity index (χ1n) is 8.85. The Balaban J connectivity index is 1.60. The Morgan fingerprint density at radius 2 is 1.70 bits per heavy atom. The molecule has 0 bridgehead atoms. The number of ether oxygens (including phenoxy) is 1. The van der Waals surface area contributed by atoms with Crippen molar-refractivity contribution in [3.05, 3.63) is 91.7 Å². The zero-order chi connectivity index (χ0) is 21.4. The number of carbonyl (C=O) groups excluding carboxylic acids is 1. The maximum absolute atomic E-state index is 13.2. The van der Waals surface area contributed by atoms with Gasteiger partial charge in [-0.15, -0.1) is 0 Å². The highest BCUT2D eigenvalue weighted by Crippen LogP contribution is 2.40. The summed E-state index contributed by atoms with van der Waals surface area (Å²) in [5, 5.41) is 10.9. The highest BCUT2D eigenvalue weighted by Gasteiger charge is 2.26. The number of carbonyl (C=O) groups is 1. The summed E-state index contributed by atoms with van der Waals surface area (Å²) in [6, 6.07) is 13.0. The molecule has 3 aromatic carbocycles. The van der Waals surface area contributed by atoms with Crippen LogP contribution in [-0.2, 0) is 6.42 Å². The Bertz CT molecular complexity index is 1150. The zero-order valence-corrected chi connectivity index (χ0v) is 16.8. The van der Waals surface area contributed by atoms with Gasteiger partial charge in [-0.1, -0.05) is 23.2 Å². The first kappa shape index (κ1) is 20.1. The van der Waals surface area contributed by atoms with Crippen molar-refractivity contribution in [2.24, 2.45) is 0 Å². The summed E-state index contributed by atoms with van der Waals surface area (Å²) in [6.45, 7) is 0.431. The Morgan fingerprint density at radius 1 is 1.03 bits per heavy atom. The van der Waals surface area contributed by atoms with Crippen LogP contribution in [0.1, 0.15) is 15.9 Å². The molecule has 0 N–H and O–H groups in total. The average molecular weight is 447 g/mol. The lowest BCUT2D eigenvalue weighted by molar-refractivity contribution is -0.384. The van der Waals surface area contributed by atoms with Gasteiger partial charge in [0.25, 0.3) is 11.6 Å². The molecule has 3 aromatic rings. The lowest BCUT2D eigenvalue weighted by Gasteiger charge is -2.29. The molecule has 0 saturated heterocycles. The van der Waals surface area contributed by atoms with Crippen molar-refractivity contribution in [1.82, 2.24) is 0 Å². The Kier molecular flexibility index (Phi) is 5.32. The van der Waals surface area contributed by atoms with Gasteiger partial charge in [0, 0.05) is 29.9 Å². The number of rotatable bonds is 4. The molecule has 30 heavy (non-hydrogen) atoms. The van der Waals surface area contributed by atoms with Crippen molar-refractivity contribution in [3.8, 4) is 11.5 Å². The second-order valence-electron chi connectivity index (χ2n) is 6.60.